The van der Waals surface area contributed by atoms with Gasteiger partial charge in [0.05, 0.1) is 5.52 Å². The molecule has 2 aromatic heterocycles. The minimum Gasteiger partial charge on any atom is -0.290 e. The first-order valence-electron chi connectivity index (χ1n) is 4.09. The zero-order valence-corrected chi connectivity index (χ0v) is 8.45. The predicted octanol–water partition coefficient (Wildman–Crippen LogP) is 2.69. The SMILES string of the molecule is Cc1c(C(F)(F)F)n2sccc2cc1=O. The highest BCUT2D eigenvalue weighted by Gasteiger charge is 2.36. The number of pyridine rings is 1. The Kier molecular flexibility index (Phi) is 2.11. The van der Waals surface area contributed by atoms with E-state index in [0.717, 1.165) is 15.3 Å². The summed E-state index contributed by atoms with van der Waals surface area (Å²) in [7, 11) is 0. The molecule has 0 amide bonds. The van der Waals surface area contributed by atoms with Crippen molar-refractivity contribution in [2.24, 2.45) is 0 Å². The van der Waals surface area contributed by atoms with Crippen molar-refractivity contribution in [3.8, 4) is 0 Å². The highest BCUT2D eigenvalue weighted by molar-refractivity contribution is 7.04. The zero-order chi connectivity index (χ0) is 11.2. The molecule has 0 aliphatic carbocycles. The largest absolute Gasteiger partial charge is 0.433 e. The Balaban J connectivity index is 2.96. The maximum Gasteiger partial charge on any atom is 0.433 e. The topological polar surface area (TPSA) is 21.5 Å². The van der Waals surface area contributed by atoms with Crippen LogP contribution in [0.1, 0.15) is 11.3 Å². The number of hydrogen-bond donors (Lipinski definition) is 0. The number of halogens is 3. The van der Waals surface area contributed by atoms with Crippen molar-refractivity contribution < 1.29 is 13.2 Å². The fourth-order valence-corrected chi connectivity index (χ4v) is 2.32. The molecule has 80 valence electrons. The smallest absolute Gasteiger partial charge is 0.290 e. The number of hydrogen-bond acceptors (Lipinski definition) is 2. The normalized spacial score (nSPS) is 12.3. The number of alkyl halides is 3. The van der Waals surface area contributed by atoms with Crippen molar-refractivity contribution >= 4 is 17.0 Å². The van der Waals surface area contributed by atoms with Crippen LogP contribution in [-0.4, -0.2) is 3.79 Å². The molecule has 0 aromatic carbocycles. The molecule has 0 N–H and O–H groups in total. The number of aromatic nitrogens is 1. The zero-order valence-electron chi connectivity index (χ0n) is 7.63. The minimum absolute atomic E-state index is 0.262. The summed E-state index contributed by atoms with van der Waals surface area (Å²) in [5.74, 6) is 0. The van der Waals surface area contributed by atoms with Crippen molar-refractivity contribution in [2.75, 3.05) is 0 Å². The van der Waals surface area contributed by atoms with Crippen LogP contribution >= 0.6 is 11.5 Å². The molecule has 0 atom stereocenters. The lowest BCUT2D eigenvalue weighted by Crippen LogP contribution is -2.19. The van der Waals surface area contributed by atoms with E-state index in [0.29, 0.717) is 0 Å². The van der Waals surface area contributed by atoms with Crippen molar-refractivity contribution in [1.29, 1.82) is 0 Å². The molecular weight excluding hydrogens is 227 g/mol. The third kappa shape index (κ3) is 1.54. The standard InChI is InChI=1S/C9H6F3NOS/c1-5-7(14)4-6-2-3-15-13(6)8(5)9(10,11)12/h2-4H,1H3. The Morgan fingerprint density at radius 1 is 1.40 bits per heavy atom. The Bertz CT molecular complexity index is 567. The molecule has 0 saturated heterocycles. The fourth-order valence-electron chi connectivity index (χ4n) is 1.42. The van der Waals surface area contributed by atoms with Gasteiger partial charge < -0.3 is 0 Å². The van der Waals surface area contributed by atoms with E-state index in [-0.39, 0.29) is 11.1 Å². The van der Waals surface area contributed by atoms with E-state index >= 15 is 0 Å². The lowest BCUT2D eigenvalue weighted by molar-refractivity contribution is -0.142. The highest BCUT2D eigenvalue weighted by Crippen LogP contribution is 2.32. The molecule has 2 nitrogen and oxygen atoms in total. The summed E-state index contributed by atoms with van der Waals surface area (Å²) >= 11 is 0.921. The van der Waals surface area contributed by atoms with E-state index in [1.54, 1.807) is 0 Å². The first kappa shape index (κ1) is 10.2. The summed E-state index contributed by atoms with van der Waals surface area (Å²) in [4.78, 5) is 11.3. The highest BCUT2D eigenvalue weighted by atomic mass is 32.1. The summed E-state index contributed by atoms with van der Waals surface area (Å²) in [5, 5.41) is 1.52. The average molecular weight is 233 g/mol. The third-order valence-electron chi connectivity index (χ3n) is 2.11. The molecule has 0 aliphatic heterocycles. The van der Waals surface area contributed by atoms with Gasteiger partial charge in [-0.05, 0) is 13.0 Å². The second-order valence-corrected chi connectivity index (χ2v) is 3.96. The molecular formula is C9H6F3NOS. The number of fused-ring (bicyclic) bond motifs is 1. The van der Waals surface area contributed by atoms with E-state index in [1.165, 1.54) is 24.4 Å². The molecule has 0 saturated carbocycles. The van der Waals surface area contributed by atoms with Crippen LogP contribution in [0.25, 0.3) is 5.52 Å². The van der Waals surface area contributed by atoms with Crippen LogP contribution in [0.5, 0.6) is 0 Å². The van der Waals surface area contributed by atoms with Gasteiger partial charge in [0.15, 0.2) is 5.43 Å². The first-order valence-corrected chi connectivity index (χ1v) is 4.92. The van der Waals surface area contributed by atoms with E-state index in [9.17, 15) is 18.0 Å². The lowest BCUT2D eigenvalue weighted by atomic mass is 10.2. The van der Waals surface area contributed by atoms with Crippen LogP contribution in [0.2, 0.25) is 0 Å². The fraction of sp³-hybridized carbons (Fsp3) is 0.222. The Morgan fingerprint density at radius 2 is 2.07 bits per heavy atom. The second-order valence-electron chi connectivity index (χ2n) is 3.11. The predicted molar refractivity (Wildman–Crippen MR) is 51.3 cm³/mol. The second kappa shape index (κ2) is 3.10. The Morgan fingerprint density at radius 3 is 2.67 bits per heavy atom. The molecule has 0 fully saturated rings. The van der Waals surface area contributed by atoms with Gasteiger partial charge in [0, 0.05) is 17.0 Å². The summed E-state index contributed by atoms with van der Waals surface area (Å²) in [6.45, 7) is 1.19. The third-order valence-corrected chi connectivity index (χ3v) is 2.98. The Labute approximate surface area is 86.7 Å². The molecule has 0 radical (unpaired) electrons. The van der Waals surface area contributed by atoms with Gasteiger partial charge in [0.2, 0.25) is 0 Å². The monoisotopic (exact) mass is 233 g/mol. The van der Waals surface area contributed by atoms with Crippen LogP contribution in [0.3, 0.4) is 0 Å². The van der Waals surface area contributed by atoms with Gasteiger partial charge >= 0.3 is 6.18 Å². The molecule has 2 aromatic rings. The molecule has 15 heavy (non-hydrogen) atoms. The van der Waals surface area contributed by atoms with Crippen molar-refractivity contribution in [3.05, 3.63) is 39.0 Å². The van der Waals surface area contributed by atoms with Gasteiger partial charge in [-0.3, -0.25) is 8.58 Å². The lowest BCUT2D eigenvalue weighted by Gasteiger charge is -2.11. The first-order chi connectivity index (χ1) is 6.91. The molecule has 0 unspecified atom stereocenters. The molecule has 6 heteroatoms. The van der Waals surface area contributed by atoms with Crippen LogP contribution in [0.4, 0.5) is 13.2 Å². The van der Waals surface area contributed by atoms with Gasteiger partial charge in [-0.25, -0.2) is 0 Å². The van der Waals surface area contributed by atoms with Gasteiger partial charge in [-0.1, -0.05) is 11.5 Å². The molecule has 2 heterocycles. The average Bonchev–Trinajstić information content (AvgIpc) is 2.50. The van der Waals surface area contributed by atoms with E-state index in [2.05, 4.69) is 0 Å². The summed E-state index contributed by atoms with van der Waals surface area (Å²) in [6, 6.07) is 2.70. The Hall–Kier alpha value is -1.30. The van der Waals surface area contributed by atoms with Crippen LogP contribution < -0.4 is 5.43 Å². The van der Waals surface area contributed by atoms with Crippen molar-refractivity contribution in [2.45, 2.75) is 13.1 Å². The van der Waals surface area contributed by atoms with Gasteiger partial charge in [0.25, 0.3) is 0 Å². The van der Waals surface area contributed by atoms with E-state index in [4.69, 9.17) is 0 Å². The summed E-state index contributed by atoms with van der Waals surface area (Å²) in [6.07, 6.45) is -4.50. The number of rotatable bonds is 0. The molecule has 0 bridgehead atoms. The molecule has 0 aliphatic rings. The van der Waals surface area contributed by atoms with E-state index in [1.807, 2.05) is 0 Å². The number of nitrogens with zero attached hydrogens (tertiary/aromatic N) is 1. The maximum atomic E-state index is 12.7. The minimum atomic E-state index is -4.50. The summed E-state index contributed by atoms with van der Waals surface area (Å²) in [5.41, 5.74) is -1.44. The van der Waals surface area contributed by atoms with Crippen LogP contribution in [0, 0.1) is 6.92 Å². The van der Waals surface area contributed by atoms with Gasteiger partial charge in [-0.15, -0.1) is 0 Å². The van der Waals surface area contributed by atoms with E-state index < -0.39 is 17.3 Å². The maximum absolute atomic E-state index is 12.7. The van der Waals surface area contributed by atoms with Crippen molar-refractivity contribution in [1.82, 2.24) is 3.79 Å². The summed E-state index contributed by atoms with van der Waals surface area (Å²) < 4.78 is 39.1. The molecule has 0 spiro atoms. The quantitative estimate of drug-likeness (QED) is 0.685. The van der Waals surface area contributed by atoms with Crippen molar-refractivity contribution in [3.63, 3.8) is 0 Å². The molecule has 2 rings (SSSR count). The van der Waals surface area contributed by atoms with Gasteiger partial charge in [-0.2, -0.15) is 13.2 Å². The van der Waals surface area contributed by atoms with Crippen LogP contribution in [-0.2, 0) is 6.18 Å². The van der Waals surface area contributed by atoms with Crippen LogP contribution in [0.15, 0.2) is 22.3 Å². The van der Waals surface area contributed by atoms with Gasteiger partial charge in [0.1, 0.15) is 5.69 Å².